The minimum atomic E-state index is -0.676. The first-order valence-electron chi connectivity index (χ1n) is 10.8. The van der Waals surface area contributed by atoms with Crippen LogP contribution in [0.3, 0.4) is 0 Å². The molecule has 0 bridgehead atoms. The molecule has 2 amide bonds. The molecule has 0 saturated heterocycles. The van der Waals surface area contributed by atoms with Gasteiger partial charge in [-0.1, -0.05) is 18.2 Å². The number of anilines is 1. The van der Waals surface area contributed by atoms with E-state index in [0.717, 1.165) is 11.1 Å². The van der Waals surface area contributed by atoms with Crippen LogP contribution in [0.15, 0.2) is 69.9 Å². The van der Waals surface area contributed by atoms with Crippen LogP contribution in [0.4, 0.5) is 5.69 Å². The number of para-hydroxylation sites is 1. The molecule has 8 heteroatoms. The standard InChI is InChI=1S/C27H24N2O6/c1-15-12-16(2)23-21(13-15)35-25(17-8-10-18(33-3)11-9-17)26(24(23)31)34-14-22(30)29-20-7-5-4-6-19(20)27(28)32/h4-13H,14H2,1-3H3,(H2,28,32)(H,29,30). The Morgan fingerprint density at radius 1 is 1.03 bits per heavy atom. The SMILES string of the molecule is COc1ccc(-c2oc3cc(C)cc(C)c3c(=O)c2OCC(=O)Nc2ccccc2C(N)=O)cc1. The Hall–Kier alpha value is -4.59. The number of carbonyl (C=O) groups is 2. The van der Waals surface area contributed by atoms with Gasteiger partial charge in [-0.05, 0) is 67.4 Å². The molecular weight excluding hydrogens is 448 g/mol. The third kappa shape index (κ3) is 4.86. The number of nitrogens with one attached hydrogen (secondary N) is 1. The van der Waals surface area contributed by atoms with Crippen molar-refractivity contribution in [2.75, 3.05) is 19.0 Å². The Morgan fingerprint density at radius 3 is 2.43 bits per heavy atom. The van der Waals surface area contributed by atoms with Gasteiger partial charge < -0.3 is 24.9 Å². The van der Waals surface area contributed by atoms with E-state index >= 15 is 0 Å². The van der Waals surface area contributed by atoms with Crippen molar-refractivity contribution in [3.63, 3.8) is 0 Å². The third-order valence-corrected chi connectivity index (χ3v) is 5.46. The highest BCUT2D eigenvalue weighted by atomic mass is 16.5. The Kier molecular flexibility index (Phi) is 6.55. The molecule has 178 valence electrons. The molecule has 3 N–H and O–H groups in total. The summed E-state index contributed by atoms with van der Waals surface area (Å²) in [4.78, 5) is 37.8. The van der Waals surface area contributed by atoms with Crippen LogP contribution in [-0.4, -0.2) is 25.5 Å². The van der Waals surface area contributed by atoms with Crippen molar-refractivity contribution < 1.29 is 23.5 Å². The van der Waals surface area contributed by atoms with Gasteiger partial charge in [0.2, 0.25) is 11.2 Å². The summed E-state index contributed by atoms with van der Waals surface area (Å²) >= 11 is 0. The van der Waals surface area contributed by atoms with E-state index in [4.69, 9.17) is 19.6 Å². The molecular formula is C27H24N2O6. The summed E-state index contributed by atoms with van der Waals surface area (Å²) < 4.78 is 17.1. The van der Waals surface area contributed by atoms with Crippen molar-refractivity contribution >= 4 is 28.5 Å². The quantitative estimate of drug-likeness (QED) is 0.416. The fourth-order valence-electron chi connectivity index (χ4n) is 3.87. The van der Waals surface area contributed by atoms with E-state index in [2.05, 4.69) is 5.32 Å². The zero-order valence-electron chi connectivity index (χ0n) is 19.5. The van der Waals surface area contributed by atoms with Gasteiger partial charge in [0.05, 0.1) is 23.7 Å². The summed E-state index contributed by atoms with van der Waals surface area (Å²) in [6.45, 7) is 3.24. The fourth-order valence-corrected chi connectivity index (χ4v) is 3.87. The predicted octanol–water partition coefficient (Wildman–Crippen LogP) is 4.20. The number of hydrogen-bond acceptors (Lipinski definition) is 6. The highest BCUT2D eigenvalue weighted by molar-refractivity contribution is 6.03. The van der Waals surface area contributed by atoms with Crippen LogP contribution in [0, 0.1) is 13.8 Å². The molecule has 35 heavy (non-hydrogen) atoms. The maximum Gasteiger partial charge on any atom is 0.262 e. The summed E-state index contributed by atoms with van der Waals surface area (Å²) in [5.41, 5.74) is 8.08. The lowest BCUT2D eigenvalue weighted by Crippen LogP contribution is -2.24. The molecule has 0 aliphatic carbocycles. The summed E-state index contributed by atoms with van der Waals surface area (Å²) in [6.07, 6.45) is 0. The number of rotatable bonds is 7. The maximum atomic E-state index is 13.5. The maximum absolute atomic E-state index is 13.5. The molecule has 4 aromatic rings. The average molecular weight is 472 g/mol. The zero-order chi connectivity index (χ0) is 25.1. The first kappa shape index (κ1) is 23.6. The van der Waals surface area contributed by atoms with Gasteiger partial charge in [0, 0.05) is 5.56 Å². The molecule has 0 aliphatic heterocycles. The second-order valence-corrected chi connectivity index (χ2v) is 8.02. The molecule has 1 aromatic heterocycles. The number of aryl methyl sites for hydroxylation is 2. The monoisotopic (exact) mass is 472 g/mol. The number of fused-ring (bicyclic) bond motifs is 1. The lowest BCUT2D eigenvalue weighted by atomic mass is 10.0. The highest BCUT2D eigenvalue weighted by Gasteiger charge is 2.21. The van der Waals surface area contributed by atoms with Gasteiger partial charge in [0.15, 0.2) is 12.4 Å². The molecule has 0 atom stereocenters. The van der Waals surface area contributed by atoms with E-state index in [0.29, 0.717) is 22.3 Å². The molecule has 0 spiro atoms. The number of benzene rings is 3. The number of nitrogens with two attached hydrogens (primary N) is 1. The Morgan fingerprint density at radius 2 is 1.74 bits per heavy atom. The van der Waals surface area contributed by atoms with Crippen molar-refractivity contribution in [1.82, 2.24) is 0 Å². The number of primary amides is 1. The number of amides is 2. The predicted molar refractivity (Wildman–Crippen MR) is 133 cm³/mol. The first-order valence-corrected chi connectivity index (χ1v) is 10.8. The van der Waals surface area contributed by atoms with Crippen LogP contribution < -0.4 is 26.0 Å². The van der Waals surface area contributed by atoms with Gasteiger partial charge in [0.1, 0.15) is 11.3 Å². The van der Waals surface area contributed by atoms with Crippen LogP contribution in [-0.2, 0) is 4.79 Å². The topological polar surface area (TPSA) is 121 Å². The van der Waals surface area contributed by atoms with E-state index in [1.54, 1.807) is 55.6 Å². The van der Waals surface area contributed by atoms with E-state index in [1.165, 1.54) is 6.07 Å². The third-order valence-electron chi connectivity index (χ3n) is 5.46. The van der Waals surface area contributed by atoms with E-state index in [1.807, 2.05) is 19.9 Å². The number of ether oxygens (including phenoxy) is 2. The van der Waals surface area contributed by atoms with Crippen LogP contribution in [0.25, 0.3) is 22.3 Å². The number of methoxy groups -OCH3 is 1. The minimum Gasteiger partial charge on any atom is -0.497 e. The minimum absolute atomic E-state index is 0.0899. The van der Waals surface area contributed by atoms with Crippen molar-refractivity contribution in [2.45, 2.75) is 13.8 Å². The van der Waals surface area contributed by atoms with E-state index in [-0.39, 0.29) is 28.2 Å². The number of hydrogen-bond donors (Lipinski definition) is 2. The molecule has 0 saturated carbocycles. The average Bonchev–Trinajstić information content (AvgIpc) is 2.83. The summed E-state index contributed by atoms with van der Waals surface area (Å²) in [6, 6.07) is 17.0. The van der Waals surface area contributed by atoms with Crippen LogP contribution in [0.2, 0.25) is 0 Å². The van der Waals surface area contributed by atoms with E-state index < -0.39 is 18.4 Å². The normalized spacial score (nSPS) is 10.7. The lowest BCUT2D eigenvalue weighted by molar-refractivity contribution is -0.118. The van der Waals surface area contributed by atoms with Gasteiger partial charge in [0.25, 0.3) is 11.8 Å². The largest absolute Gasteiger partial charge is 0.497 e. The summed E-state index contributed by atoms with van der Waals surface area (Å²) in [5.74, 6) is -0.504. The molecule has 0 unspecified atom stereocenters. The van der Waals surface area contributed by atoms with Crippen LogP contribution >= 0.6 is 0 Å². The molecule has 0 radical (unpaired) electrons. The van der Waals surface area contributed by atoms with Crippen LogP contribution in [0.1, 0.15) is 21.5 Å². The first-order chi connectivity index (χ1) is 16.8. The fraction of sp³-hybridized carbons (Fsp3) is 0.148. The van der Waals surface area contributed by atoms with Gasteiger partial charge >= 0.3 is 0 Å². The van der Waals surface area contributed by atoms with Crippen molar-refractivity contribution in [3.05, 3.63) is 87.6 Å². The summed E-state index contributed by atoms with van der Waals surface area (Å²) in [7, 11) is 1.56. The summed E-state index contributed by atoms with van der Waals surface area (Å²) in [5, 5.41) is 2.98. The second kappa shape index (κ2) is 9.72. The van der Waals surface area contributed by atoms with Crippen molar-refractivity contribution in [3.8, 4) is 22.8 Å². The van der Waals surface area contributed by atoms with Crippen molar-refractivity contribution in [2.24, 2.45) is 5.73 Å². The highest BCUT2D eigenvalue weighted by Crippen LogP contribution is 2.33. The lowest BCUT2D eigenvalue weighted by Gasteiger charge is -2.14. The van der Waals surface area contributed by atoms with Crippen LogP contribution in [0.5, 0.6) is 11.5 Å². The Labute approximate surface area is 201 Å². The van der Waals surface area contributed by atoms with Gasteiger partial charge in [-0.25, -0.2) is 0 Å². The van der Waals surface area contributed by atoms with Gasteiger partial charge in [-0.2, -0.15) is 0 Å². The number of carbonyl (C=O) groups excluding carboxylic acids is 2. The second-order valence-electron chi connectivity index (χ2n) is 8.02. The molecule has 0 fully saturated rings. The Bertz CT molecular complexity index is 1490. The van der Waals surface area contributed by atoms with Gasteiger partial charge in [-0.3, -0.25) is 14.4 Å². The zero-order valence-corrected chi connectivity index (χ0v) is 19.5. The smallest absolute Gasteiger partial charge is 0.262 e. The molecule has 0 aliphatic rings. The van der Waals surface area contributed by atoms with E-state index in [9.17, 15) is 14.4 Å². The van der Waals surface area contributed by atoms with Crippen molar-refractivity contribution in [1.29, 1.82) is 0 Å². The molecule has 4 rings (SSSR count). The molecule has 3 aromatic carbocycles. The molecule has 8 nitrogen and oxygen atoms in total. The Balaban J connectivity index is 1.72. The molecule has 1 heterocycles. The van der Waals surface area contributed by atoms with Gasteiger partial charge in [-0.15, -0.1) is 0 Å².